The maximum Gasteiger partial charge on any atom is 3.00 e. The molecule has 1 aliphatic heterocycles. The van der Waals surface area contributed by atoms with Crippen molar-refractivity contribution >= 4 is 31.2 Å². The van der Waals surface area contributed by atoms with Crippen molar-refractivity contribution in [2.75, 3.05) is 11.5 Å². The summed E-state index contributed by atoms with van der Waals surface area (Å²) in [6.45, 7) is 1.50. The molecule has 1 aliphatic rings. The summed E-state index contributed by atoms with van der Waals surface area (Å²) in [6.07, 6.45) is 2.93. The third kappa shape index (κ3) is 88.2. The van der Waals surface area contributed by atoms with Gasteiger partial charge in [-0.15, -0.1) is 0 Å². The molecule has 0 aromatic carbocycles. The molecule has 8 heteroatoms. The summed E-state index contributed by atoms with van der Waals surface area (Å²) in [5.74, 6) is 2.83. The second kappa shape index (κ2) is 37.5. The van der Waals surface area contributed by atoms with Gasteiger partial charge >= 0.3 is 22.4 Å². The number of hydrogen-bond acceptors (Lipinski definition) is 4. The molecule has 0 bridgehead atoms. The van der Waals surface area contributed by atoms with Gasteiger partial charge in [0.2, 0.25) is 0 Å². The van der Waals surface area contributed by atoms with Crippen LogP contribution in [-0.4, -0.2) is 46.2 Å². The van der Waals surface area contributed by atoms with Gasteiger partial charge in [0.1, 0.15) is 0 Å². The molecule has 1 rings (SSSR count). The van der Waals surface area contributed by atoms with E-state index in [0.29, 0.717) is 19.4 Å². The SMILES string of the molecule is C1CCSC1.O=[C-]O.O=[C-]O.O=[C-]O.[Au+3]. The molecule has 0 aliphatic carbocycles. The van der Waals surface area contributed by atoms with Crippen LogP contribution >= 0.6 is 11.8 Å². The molecule has 0 spiro atoms. The molecular formula is C7H11AuO6S. The summed E-state index contributed by atoms with van der Waals surface area (Å²) in [6, 6.07) is 0. The van der Waals surface area contributed by atoms with E-state index in [1.54, 1.807) is 0 Å². The Bertz CT molecular complexity index is 98.2. The zero-order valence-corrected chi connectivity index (χ0v) is 10.6. The number of thioether (sulfide) groups is 1. The van der Waals surface area contributed by atoms with Crippen molar-refractivity contribution in [3.05, 3.63) is 0 Å². The minimum Gasteiger partial charge on any atom is -0.665 e. The van der Waals surface area contributed by atoms with Gasteiger partial charge < -0.3 is 29.7 Å². The second-order valence-electron chi connectivity index (χ2n) is 1.59. The van der Waals surface area contributed by atoms with E-state index >= 15 is 0 Å². The summed E-state index contributed by atoms with van der Waals surface area (Å²) >= 11 is 2.07. The first-order valence-electron chi connectivity index (χ1n) is 3.36. The first-order chi connectivity index (χ1) is 6.74. The van der Waals surface area contributed by atoms with Crippen LogP contribution in [0.4, 0.5) is 0 Å². The first kappa shape index (κ1) is 24.0. The summed E-state index contributed by atoms with van der Waals surface area (Å²) in [5.41, 5.74) is 0. The predicted octanol–water partition coefficient (Wildman–Crippen LogP) is 0.346. The van der Waals surface area contributed by atoms with Crippen LogP contribution in [0.25, 0.3) is 0 Å². The third-order valence-electron chi connectivity index (χ3n) is 0.827. The Balaban J connectivity index is -0.0000000550. The molecule has 0 atom stereocenters. The normalized spacial score (nSPS) is 10.4. The Morgan fingerprint density at radius 3 is 1.07 bits per heavy atom. The fourth-order valence-corrected chi connectivity index (χ4v) is 1.53. The topological polar surface area (TPSA) is 112 Å². The fraction of sp³-hybridized carbons (Fsp3) is 0.571. The van der Waals surface area contributed by atoms with Gasteiger partial charge in [0.05, 0.1) is 0 Å². The van der Waals surface area contributed by atoms with E-state index in [1.807, 2.05) is 0 Å². The van der Waals surface area contributed by atoms with E-state index in [1.165, 1.54) is 24.3 Å². The van der Waals surface area contributed by atoms with Crippen LogP contribution in [0.1, 0.15) is 12.8 Å². The molecule has 1 fully saturated rings. The molecule has 1 heterocycles. The summed E-state index contributed by atoms with van der Waals surface area (Å²) in [4.78, 5) is 24.7. The molecule has 0 amide bonds. The molecule has 1 saturated heterocycles. The van der Waals surface area contributed by atoms with Crippen molar-refractivity contribution < 1.29 is 52.1 Å². The van der Waals surface area contributed by atoms with Crippen molar-refractivity contribution in [3.63, 3.8) is 0 Å². The zero-order valence-electron chi connectivity index (χ0n) is 7.60. The fourth-order valence-electron chi connectivity index (χ4n) is 0.510. The Morgan fingerprint density at radius 2 is 1.00 bits per heavy atom. The minimum absolute atomic E-state index is 0. The largest absolute Gasteiger partial charge is 3.00 e. The molecule has 0 saturated carbocycles. The van der Waals surface area contributed by atoms with Crippen molar-refractivity contribution in [2.45, 2.75) is 12.8 Å². The molecule has 0 aromatic rings. The Labute approximate surface area is 108 Å². The molecule has 0 radical (unpaired) electrons. The standard InChI is InChI=1S/C4H8S.3CHO2.Au/c1-2-4-5-3-1;3*2-1-3;/h1-4H2;3*(H,2,3);/q;3*-1;+3. The Hall–Kier alpha value is -0.500. The van der Waals surface area contributed by atoms with Crippen LogP contribution in [0.15, 0.2) is 0 Å². The monoisotopic (exact) mass is 420 g/mol. The Morgan fingerprint density at radius 1 is 0.800 bits per heavy atom. The van der Waals surface area contributed by atoms with Crippen LogP contribution in [0.2, 0.25) is 0 Å². The van der Waals surface area contributed by atoms with Gasteiger partial charge in [-0.05, 0) is 24.3 Å². The summed E-state index contributed by atoms with van der Waals surface area (Å²) in [7, 11) is 0. The Kier molecular flexibility index (Phi) is 59.9. The molecule has 0 unspecified atom stereocenters. The van der Waals surface area contributed by atoms with Crippen molar-refractivity contribution in [1.82, 2.24) is 0 Å². The van der Waals surface area contributed by atoms with Crippen molar-refractivity contribution in [1.29, 1.82) is 0 Å². The van der Waals surface area contributed by atoms with Gasteiger partial charge in [-0.3, -0.25) is 0 Å². The third-order valence-corrected chi connectivity index (χ3v) is 1.98. The maximum absolute atomic E-state index is 8.24. The van der Waals surface area contributed by atoms with Gasteiger partial charge in [-0.1, -0.05) is 19.4 Å². The molecule has 0 aromatic heterocycles. The van der Waals surface area contributed by atoms with Gasteiger partial charge in [-0.25, -0.2) is 0 Å². The van der Waals surface area contributed by atoms with Crippen LogP contribution in [0.5, 0.6) is 0 Å². The molecular weight excluding hydrogens is 409 g/mol. The van der Waals surface area contributed by atoms with Crippen LogP contribution in [0, 0.1) is 0 Å². The second-order valence-corrected chi connectivity index (χ2v) is 2.82. The van der Waals surface area contributed by atoms with Gasteiger partial charge in [0, 0.05) is 0 Å². The minimum atomic E-state index is 0. The smallest absolute Gasteiger partial charge is 0.665 e. The maximum atomic E-state index is 8.24. The van der Waals surface area contributed by atoms with Crippen molar-refractivity contribution in [2.24, 2.45) is 0 Å². The van der Waals surface area contributed by atoms with E-state index in [-0.39, 0.29) is 22.4 Å². The van der Waals surface area contributed by atoms with E-state index in [4.69, 9.17) is 29.7 Å². The van der Waals surface area contributed by atoms with Gasteiger partial charge in [-0.2, -0.15) is 11.8 Å². The van der Waals surface area contributed by atoms with E-state index in [2.05, 4.69) is 11.8 Å². The summed E-state index contributed by atoms with van der Waals surface area (Å²) < 4.78 is 0. The van der Waals surface area contributed by atoms with E-state index < -0.39 is 0 Å². The first-order valence-corrected chi connectivity index (χ1v) is 4.52. The van der Waals surface area contributed by atoms with E-state index in [9.17, 15) is 0 Å². The molecule has 92 valence electrons. The molecule has 3 N–H and O–H groups in total. The molecule has 6 nitrogen and oxygen atoms in total. The number of aliphatic hydroxyl groups excluding tert-OH is 3. The predicted molar refractivity (Wildman–Crippen MR) is 51.5 cm³/mol. The molecule has 15 heavy (non-hydrogen) atoms. The quantitative estimate of drug-likeness (QED) is 0.383. The van der Waals surface area contributed by atoms with Crippen LogP contribution in [-0.2, 0) is 36.8 Å². The number of hydrogen-bond donors (Lipinski definition) is 3. The average Bonchev–Trinajstić information content (AvgIpc) is 2.63. The van der Waals surface area contributed by atoms with Gasteiger partial charge in [0.25, 0.3) is 0 Å². The average molecular weight is 420 g/mol. The van der Waals surface area contributed by atoms with E-state index in [0.717, 1.165) is 0 Å². The number of rotatable bonds is 0. The zero-order chi connectivity index (χ0) is 11.7. The van der Waals surface area contributed by atoms with Crippen LogP contribution < -0.4 is 0 Å². The van der Waals surface area contributed by atoms with Crippen molar-refractivity contribution in [3.8, 4) is 0 Å². The van der Waals surface area contributed by atoms with Gasteiger partial charge in [0.15, 0.2) is 0 Å². The summed E-state index contributed by atoms with van der Waals surface area (Å²) in [5, 5.41) is 20.3. The van der Waals surface area contributed by atoms with Crippen LogP contribution in [0.3, 0.4) is 0 Å².